The zero-order valence-electron chi connectivity index (χ0n) is 21.5. The van der Waals surface area contributed by atoms with Crippen LogP contribution in [-0.4, -0.2) is 70.6 Å². The Morgan fingerprint density at radius 2 is 1.75 bits per heavy atom. The maximum Gasteiger partial charge on any atom is 0.407 e. The van der Waals surface area contributed by atoms with Crippen molar-refractivity contribution in [1.29, 1.82) is 0 Å². The van der Waals surface area contributed by atoms with E-state index in [4.69, 9.17) is 4.74 Å². The highest BCUT2D eigenvalue weighted by Crippen LogP contribution is 2.29. The maximum absolute atomic E-state index is 13.3. The Balaban J connectivity index is 1.27. The summed E-state index contributed by atoms with van der Waals surface area (Å²) in [6.45, 7) is 9.99. The number of alkyl carbamates (subject to hydrolysis) is 1. The van der Waals surface area contributed by atoms with E-state index in [0.29, 0.717) is 30.3 Å². The Kier molecular flexibility index (Phi) is 7.51. The van der Waals surface area contributed by atoms with Gasteiger partial charge in [0.2, 0.25) is 5.91 Å². The van der Waals surface area contributed by atoms with Gasteiger partial charge in [-0.1, -0.05) is 6.42 Å². The summed E-state index contributed by atoms with van der Waals surface area (Å²) in [7, 11) is 0. The first kappa shape index (κ1) is 25.5. The lowest BCUT2D eigenvalue weighted by atomic mass is 10.0. The number of aromatic amines is 1. The average molecular weight is 497 g/mol. The number of nitrogens with one attached hydrogen (secondary N) is 3. The molecule has 194 valence electrons. The fraction of sp³-hybridized carbons (Fsp3) is 0.538. The van der Waals surface area contributed by atoms with Gasteiger partial charge >= 0.3 is 6.09 Å². The molecule has 0 spiro atoms. The molecule has 1 saturated heterocycles. The number of aromatic nitrogens is 2. The van der Waals surface area contributed by atoms with E-state index < -0.39 is 11.7 Å². The van der Waals surface area contributed by atoms with Crippen LogP contribution in [0.5, 0.6) is 0 Å². The molecule has 1 aromatic carbocycles. The molecule has 0 radical (unpaired) electrons. The summed E-state index contributed by atoms with van der Waals surface area (Å²) in [6.07, 6.45) is 3.54. The van der Waals surface area contributed by atoms with Crippen molar-refractivity contribution in [2.45, 2.75) is 58.6 Å². The third-order valence-electron chi connectivity index (χ3n) is 6.56. The highest BCUT2D eigenvalue weighted by atomic mass is 16.6. The predicted molar refractivity (Wildman–Crippen MR) is 137 cm³/mol. The van der Waals surface area contributed by atoms with Crippen LogP contribution in [0.25, 0.3) is 0 Å². The number of anilines is 2. The van der Waals surface area contributed by atoms with E-state index in [1.54, 1.807) is 6.92 Å². The quantitative estimate of drug-likeness (QED) is 0.584. The van der Waals surface area contributed by atoms with Crippen LogP contribution in [0.15, 0.2) is 30.5 Å². The van der Waals surface area contributed by atoms with Crippen LogP contribution in [0.4, 0.5) is 16.2 Å². The Morgan fingerprint density at radius 3 is 2.36 bits per heavy atom. The number of hydrogen-bond donors (Lipinski definition) is 3. The normalized spacial score (nSPS) is 20.2. The molecule has 1 saturated carbocycles. The summed E-state index contributed by atoms with van der Waals surface area (Å²) >= 11 is 0. The van der Waals surface area contributed by atoms with Gasteiger partial charge in [-0.05, 0) is 64.8 Å². The SMILES string of the molecule is Cc1ncc(C(=O)Nc2ccc(N3CCN(C(=O)[C@@H]4CCC[C@H]4NC(=O)OC(C)(C)C)CC3)cc2)[nH]1. The van der Waals surface area contributed by atoms with Crippen molar-refractivity contribution in [1.82, 2.24) is 20.2 Å². The Bertz CT molecular complexity index is 1080. The van der Waals surface area contributed by atoms with E-state index in [2.05, 4.69) is 25.5 Å². The molecule has 2 atom stereocenters. The molecule has 1 aliphatic carbocycles. The van der Waals surface area contributed by atoms with Gasteiger partial charge < -0.3 is 30.2 Å². The van der Waals surface area contributed by atoms with Crippen molar-refractivity contribution in [3.05, 3.63) is 42.0 Å². The molecule has 10 heteroatoms. The largest absolute Gasteiger partial charge is 0.444 e. The van der Waals surface area contributed by atoms with Gasteiger partial charge in [0, 0.05) is 43.6 Å². The number of piperazine rings is 1. The fourth-order valence-electron chi connectivity index (χ4n) is 4.80. The first-order valence-corrected chi connectivity index (χ1v) is 12.6. The van der Waals surface area contributed by atoms with Gasteiger partial charge in [-0.15, -0.1) is 0 Å². The van der Waals surface area contributed by atoms with Crippen molar-refractivity contribution in [3.8, 4) is 0 Å². The number of ether oxygens (including phenoxy) is 1. The Morgan fingerprint density at radius 1 is 1.06 bits per heavy atom. The Hall–Kier alpha value is -3.56. The van der Waals surface area contributed by atoms with Gasteiger partial charge in [0.1, 0.15) is 17.1 Å². The van der Waals surface area contributed by atoms with Crippen molar-refractivity contribution in [2.75, 3.05) is 36.4 Å². The smallest absolute Gasteiger partial charge is 0.407 e. The van der Waals surface area contributed by atoms with Crippen LogP contribution in [0.3, 0.4) is 0 Å². The van der Waals surface area contributed by atoms with Crippen molar-refractivity contribution in [2.24, 2.45) is 5.92 Å². The van der Waals surface area contributed by atoms with Crippen LogP contribution >= 0.6 is 0 Å². The molecule has 1 aliphatic heterocycles. The van der Waals surface area contributed by atoms with Crippen LogP contribution in [0.1, 0.15) is 56.3 Å². The zero-order valence-corrected chi connectivity index (χ0v) is 21.5. The molecule has 36 heavy (non-hydrogen) atoms. The third kappa shape index (κ3) is 6.35. The Labute approximate surface area is 211 Å². The third-order valence-corrected chi connectivity index (χ3v) is 6.56. The molecule has 3 N–H and O–H groups in total. The number of aryl methyl sites for hydroxylation is 1. The first-order valence-electron chi connectivity index (χ1n) is 12.6. The molecule has 1 aromatic heterocycles. The summed E-state index contributed by atoms with van der Waals surface area (Å²) in [6, 6.07) is 7.52. The lowest BCUT2D eigenvalue weighted by molar-refractivity contribution is -0.136. The van der Waals surface area contributed by atoms with E-state index in [-0.39, 0.29) is 23.8 Å². The van der Waals surface area contributed by atoms with Gasteiger partial charge in [-0.3, -0.25) is 9.59 Å². The standard InChI is InChI=1S/C26H36N6O4/c1-17-27-16-22(28-17)23(33)29-18-8-10-19(11-9-18)31-12-14-32(15-13-31)24(34)20-6-5-7-21(20)30-25(35)36-26(2,3)4/h8-11,16,20-21H,5-7,12-15H2,1-4H3,(H,27,28)(H,29,33)(H,30,35)/t20-,21-/m1/s1. The summed E-state index contributed by atoms with van der Waals surface area (Å²) in [5.41, 5.74) is 1.60. The monoisotopic (exact) mass is 496 g/mol. The summed E-state index contributed by atoms with van der Waals surface area (Å²) in [4.78, 5) is 48.9. The highest BCUT2D eigenvalue weighted by molar-refractivity contribution is 6.02. The van der Waals surface area contributed by atoms with Crippen molar-refractivity contribution >= 4 is 29.3 Å². The second kappa shape index (κ2) is 10.6. The molecule has 2 aromatic rings. The molecular formula is C26H36N6O4. The van der Waals surface area contributed by atoms with Crippen molar-refractivity contribution in [3.63, 3.8) is 0 Å². The van der Waals surface area contributed by atoms with Gasteiger partial charge in [-0.2, -0.15) is 0 Å². The van der Waals surface area contributed by atoms with Gasteiger partial charge in [0.05, 0.1) is 12.1 Å². The van der Waals surface area contributed by atoms with Crippen LogP contribution in [0, 0.1) is 12.8 Å². The van der Waals surface area contributed by atoms with Gasteiger partial charge in [-0.25, -0.2) is 9.78 Å². The number of carbonyl (C=O) groups excluding carboxylic acids is 3. The minimum atomic E-state index is -0.568. The first-order chi connectivity index (χ1) is 17.1. The molecule has 10 nitrogen and oxygen atoms in total. The number of nitrogens with zero attached hydrogens (tertiary/aromatic N) is 3. The lowest BCUT2D eigenvalue weighted by Crippen LogP contribution is -2.53. The van der Waals surface area contributed by atoms with Crippen LogP contribution in [-0.2, 0) is 9.53 Å². The molecule has 2 fully saturated rings. The lowest BCUT2D eigenvalue weighted by Gasteiger charge is -2.38. The maximum atomic E-state index is 13.3. The summed E-state index contributed by atoms with van der Waals surface area (Å²) in [5.74, 6) is 0.365. The minimum absolute atomic E-state index is 0.111. The number of amides is 3. The van der Waals surface area contributed by atoms with Gasteiger partial charge in [0.15, 0.2) is 0 Å². The number of H-pyrrole nitrogens is 1. The highest BCUT2D eigenvalue weighted by Gasteiger charge is 2.38. The van der Waals surface area contributed by atoms with E-state index in [1.807, 2.05) is 49.9 Å². The summed E-state index contributed by atoms with van der Waals surface area (Å²) in [5, 5.41) is 5.78. The second-order valence-electron chi connectivity index (χ2n) is 10.5. The van der Waals surface area contributed by atoms with E-state index in [9.17, 15) is 14.4 Å². The van der Waals surface area contributed by atoms with E-state index in [0.717, 1.165) is 38.0 Å². The van der Waals surface area contributed by atoms with Crippen LogP contribution < -0.4 is 15.5 Å². The molecule has 0 bridgehead atoms. The fourth-order valence-corrected chi connectivity index (χ4v) is 4.80. The average Bonchev–Trinajstić information content (AvgIpc) is 3.47. The molecule has 3 amide bonds. The number of imidazole rings is 1. The number of hydrogen-bond acceptors (Lipinski definition) is 6. The minimum Gasteiger partial charge on any atom is -0.444 e. The molecule has 0 unspecified atom stereocenters. The number of benzene rings is 1. The molecule has 2 aliphatic rings. The molecular weight excluding hydrogens is 460 g/mol. The zero-order chi connectivity index (χ0) is 25.9. The second-order valence-corrected chi connectivity index (χ2v) is 10.5. The predicted octanol–water partition coefficient (Wildman–Crippen LogP) is 3.31. The topological polar surface area (TPSA) is 120 Å². The summed E-state index contributed by atoms with van der Waals surface area (Å²) < 4.78 is 5.38. The van der Waals surface area contributed by atoms with E-state index >= 15 is 0 Å². The number of carbonyl (C=O) groups is 3. The van der Waals surface area contributed by atoms with Crippen LogP contribution in [0.2, 0.25) is 0 Å². The van der Waals surface area contributed by atoms with Gasteiger partial charge in [0.25, 0.3) is 5.91 Å². The molecule has 4 rings (SSSR count). The molecule has 2 heterocycles. The number of rotatable bonds is 5. The van der Waals surface area contributed by atoms with Crippen molar-refractivity contribution < 1.29 is 19.1 Å². The van der Waals surface area contributed by atoms with E-state index in [1.165, 1.54) is 6.20 Å².